The van der Waals surface area contributed by atoms with E-state index in [9.17, 15) is 14.7 Å². The third-order valence-corrected chi connectivity index (χ3v) is 5.70. The summed E-state index contributed by atoms with van der Waals surface area (Å²) in [5, 5.41) is 13.5. The number of aliphatic hydroxyl groups excluding tert-OH is 1. The molecule has 1 aliphatic rings. The minimum absolute atomic E-state index is 0.0480. The molecular weight excluding hydrogens is 394 g/mol. The van der Waals surface area contributed by atoms with Crippen LogP contribution in [0, 0.1) is 0 Å². The van der Waals surface area contributed by atoms with E-state index in [1.54, 1.807) is 13.3 Å². The van der Waals surface area contributed by atoms with Crippen LogP contribution in [-0.2, 0) is 16.1 Å². The number of nitrogens with one attached hydrogen (secondary N) is 2. The number of fused-ring (bicyclic) bond motifs is 2. The van der Waals surface area contributed by atoms with E-state index in [0.29, 0.717) is 41.0 Å². The van der Waals surface area contributed by atoms with Gasteiger partial charge in [-0.1, -0.05) is 30.3 Å². The fraction of sp³-hybridized carbons (Fsp3) is 0.167. The molecule has 0 saturated carbocycles. The van der Waals surface area contributed by atoms with Crippen LogP contribution in [0.4, 0.5) is 0 Å². The van der Waals surface area contributed by atoms with E-state index in [1.807, 2.05) is 53.2 Å². The first-order valence-electron chi connectivity index (χ1n) is 10.1. The molecule has 5 rings (SSSR count). The second-order valence-corrected chi connectivity index (χ2v) is 7.45. The number of aryl methyl sites for hydroxylation is 1. The molecule has 0 bridgehead atoms. The molecule has 4 aromatic rings. The molecule has 0 atom stereocenters. The molecule has 0 saturated heterocycles. The van der Waals surface area contributed by atoms with Crippen LogP contribution in [0.5, 0.6) is 5.75 Å². The van der Waals surface area contributed by atoms with Gasteiger partial charge in [0.05, 0.1) is 23.8 Å². The van der Waals surface area contributed by atoms with Gasteiger partial charge in [0.2, 0.25) is 0 Å². The van der Waals surface area contributed by atoms with Crippen molar-refractivity contribution < 1.29 is 19.4 Å². The van der Waals surface area contributed by atoms with E-state index in [-0.39, 0.29) is 6.61 Å². The highest BCUT2D eigenvalue weighted by Crippen LogP contribution is 2.40. The van der Waals surface area contributed by atoms with Crippen molar-refractivity contribution in [3.8, 4) is 5.75 Å². The molecule has 31 heavy (non-hydrogen) atoms. The van der Waals surface area contributed by atoms with Gasteiger partial charge in [0.15, 0.2) is 0 Å². The van der Waals surface area contributed by atoms with Crippen LogP contribution in [0.15, 0.2) is 54.9 Å². The Morgan fingerprint density at radius 2 is 1.71 bits per heavy atom. The first-order chi connectivity index (χ1) is 15.1. The third kappa shape index (κ3) is 2.93. The van der Waals surface area contributed by atoms with Crippen molar-refractivity contribution in [3.63, 3.8) is 0 Å². The van der Waals surface area contributed by atoms with Crippen molar-refractivity contribution in [3.05, 3.63) is 66.0 Å². The molecule has 0 spiro atoms. The number of carbonyl (C=O) groups excluding carboxylic acids is 2. The van der Waals surface area contributed by atoms with Gasteiger partial charge in [-0.2, -0.15) is 0 Å². The van der Waals surface area contributed by atoms with Gasteiger partial charge in [0.25, 0.3) is 11.8 Å². The maximum absolute atomic E-state index is 13.0. The van der Waals surface area contributed by atoms with Gasteiger partial charge in [-0.15, -0.1) is 0 Å². The second-order valence-electron chi connectivity index (χ2n) is 7.45. The van der Waals surface area contributed by atoms with E-state index in [0.717, 1.165) is 21.8 Å². The van der Waals surface area contributed by atoms with Crippen LogP contribution in [0.1, 0.15) is 17.5 Å². The Morgan fingerprint density at radius 3 is 2.48 bits per heavy atom. The molecular formula is C24H21N3O4. The molecule has 2 aromatic carbocycles. The van der Waals surface area contributed by atoms with Crippen molar-refractivity contribution >= 4 is 44.8 Å². The summed E-state index contributed by atoms with van der Waals surface area (Å²) in [5.74, 6) is -0.168. The minimum atomic E-state index is -0.422. The third-order valence-electron chi connectivity index (χ3n) is 5.70. The lowest BCUT2D eigenvalue weighted by molar-refractivity contribution is -0.122. The molecule has 1 aliphatic heterocycles. The molecule has 7 heteroatoms. The van der Waals surface area contributed by atoms with Crippen LogP contribution in [0.3, 0.4) is 0 Å². The Balaban J connectivity index is 1.81. The summed E-state index contributed by atoms with van der Waals surface area (Å²) >= 11 is 0. The number of para-hydroxylation sites is 2. The minimum Gasteiger partial charge on any atom is -0.495 e. The van der Waals surface area contributed by atoms with Crippen LogP contribution in [-0.4, -0.2) is 40.2 Å². The topological polar surface area (TPSA) is 96.4 Å². The number of aromatic amines is 1. The zero-order valence-corrected chi connectivity index (χ0v) is 16.9. The number of aromatic nitrogens is 2. The molecule has 2 aromatic heterocycles. The summed E-state index contributed by atoms with van der Waals surface area (Å²) in [6.45, 7) is 0.602. The zero-order chi connectivity index (χ0) is 21.5. The first kappa shape index (κ1) is 19.1. The number of ether oxygens (including phenoxy) is 1. The number of amides is 2. The highest BCUT2D eigenvalue weighted by atomic mass is 16.5. The van der Waals surface area contributed by atoms with Crippen molar-refractivity contribution in [2.24, 2.45) is 0 Å². The summed E-state index contributed by atoms with van der Waals surface area (Å²) in [6, 6.07) is 13.3. The largest absolute Gasteiger partial charge is 0.495 e. The first-order valence-corrected chi connectivity index (χ1v) is 10.1. The average Bonchev–Trinajstić information content (AvgIpc) is 3.45. The Bertz CT molecular complexity index is 1380. The monoisotopic (exact) mass is 415 g/mol. The molecule has 7 nitrogen and oxygen atoms in total. The Kier molecular flexibility index (Phi) is 4.60. The van der Waals surface area contributed by atoms with Crippen molar-refractivity contribution in [2.45, 2.75) is 13.0 Å². The SMILES string of the molecule is COc1cccc2c(C3=C(c4c[nH]c5ccccc45)C(=O)NC3=O)cn(CCCO)c12. The Hall–Kier alpha value is -3.84. The van der Waals surface area contributed by atoms with Crippen molar-refractivity contribution in [2.75, 3.05) is 13.7 Å². The standard InChI is InChI=1S/C24H21N3O4/c1-31-19-9-4-7-15-17(13-27(22(15)19)10-5-11-28)21-20(23(29)26-24(21)30)16-12-25-18-8-3-2-6-14(16)18/h2-4,6-9,12-13,25,28H,5,10-11H2,1H3,(H,26,29,30). The number of hydrogen-bond acceptors (Lipinski definition) is 4. The molecule has 0 unspecified atom stereocenters. The lowest BCUT2D eigenvalue weighted by atomic mass is 9.95. The summed E-state index contributed by atoms with van der Waals surface area (Å²) in [5.41, 5.74) is 3.76. The fourth-order valence-electron chi connectivity index (χ4n) is 4.35. The average molecular weight is 415 g/mol. The fourth-order valence-corrected chi connectivity index (χ4v) is 4.35. The summed E-state index contributed by atoms with van der Waals surface area (Å²) < 4.78 is 7.52. The normalized spacial score (nSPS) is 14.1. The van der Waals surface area contributed by atoms with E-state index >= 15 is 0 Å². The van der Waals surface area contributed by atoms with Gasteiger partial charge >= 0.3 is 0 Å². The van der Waals surface area contributed by atoms with Gasteiger partial charge < -0.3 is 19.4 Å². The number of carbonyl (C=O) groups is 2. The highest BCUT2D eigenvalue weighted by Gasteiger charge is 2.35. The van der Waals surface area contributed by atoms with Crippen LogP contribution >= 0.6 is 0 Å². The number of nitrogens with zero attached hydrogens (tertiary/aromatic N) is 1. The summed E-state index contributed by atoms with van der Waals surface area (Å²) in [4.78, 5) is 29.0. The van der Waals surface area contributed by atoms with Gasteiger partial charge in [-0.3, -0.25) is 14.9 Å². The summed E-state index contributed by atoms with van der Waals surface area (Å²) in [6.07, 6.45) is 4.19. The number of hydrogen-bond donors (Lipinski definition) is 3. The number of benzene rings is 2. The Morgan fingerprint density at radius 1 is 0.968 bits per heavy atom. The molecule has 0 aliphatic carbocycles. The number of imide groups is 1. The van der Waals surface area contributed by atoms with E-state index in [2.05, 4.69) is 10.3 Å². The number of H-pyrrole nitrogens is 1. The number of aliphatic hydroxyl groups is 1. The van der Waals surface area contributed by atoms with E-state index in [1.165, 1.54) is 0 Å². The molecule has 0 radical (unpaired) electrons. The quantitative estimate of drug-likeness (QED) is 0.422. The molecule has 0 fully saturated rings. The van der Waals surface area contributed by atoms with E-state index in [4.69, 9.17) is 4.74 Å². The molecule has 3 heterocycles. The maximum Gasteiger partial charge on any atom is 0.259 e. The molecule has 156 valence electrons. The van der Waals surface area contributed by atoms with Gasteiger partial charge in [0, 0.05) is 53.0 Å². The lowest BCUT2D eigenvalue weighted by Gasteiger charge is -2.07. The molecule has 2 amide bonds. The highest BCUT2D eigenvalue weighted by molar-refractivity contribution is 6.50. The van der Waals surface area contributed by atoms with Gasteiger partial charge in [-0.25, -0.2) is 0 Å². The zero-order valence-electron chi connectivity index (χ0n) is 16.9. The van der Waals surface area contributed by atoms with Crippen LogP contribution < -0.4 is 10.1 Å². The lowest BCUT2D eigenvalue weighted by Crippen LogP contribution is -2.22. The predicted octanol–water partition coefficient (Wildman–Crippen LogP) is 3.08. The number of rotatable bonds is 6. The van der Waals surface area contributed by atoms with Gasteiger partial charge in [-0.05, 0) is 18.6 Å². The number of methoxy groups -OCH3 is 1. The van der Waals surface area contributed by atoms with Crippen LogP contribution in [0.2, 0.25) is 0 Å². The maximum atomic E-state index is 13.0. The molecule has 3 N–H and O–H groups in total. The smallest absolute Gasteiger partial charge is 0.259 e. The van der Waals surface area contributed by atoms with Crippen molar-refractivity contribution in [1.82, 2.24) is 14.9 Å². The summed E-state index contributed by atoms with van der Waals surface area (Å²) in [7, 11) is 1.60. The second kappa shape index (κ2) is 7.45. The van der Waals surface area contributed by atoms with Crippen LogP contribution in [0.25, 0.3) is 33.0 Å². The van der Waals surface area contributed by atoms with E-state index < -0.39 is 11.8 Å². The van der Waals surface area contributed by atoms with Gasteiger partial charge in [0.1, 0.15) is 5.75 Å². The predicted molar refractivity (Wildman–Crippen MR) is 118 cm³/mol. The van der Waals surface area contributed by atoms with Crippen molar-refractivity contribution in [1.29, 1.82) is 0 Å². The Labute approximate surface area is 177 Å².